The lowest BCUT2D eigenvalue weighted by atomic mass is 9.96. The van der Waals surface area contributed by atoms with E-state index in [1.165, 1.54) is 6.92 Å². The highest BCUT2D eigenvalue weighted by Crippen LogP contribution is 2.09. The largest absolute Gasteiger partial charge is 0.480 e. The van der Waals surface area contributed by atoms with E-state index in [0.29, 0.717) is 6.42 Å². The topological polar surface area (TPSA) is 171 Å². The van der Waals surface area contributed by atoms with Gasteiger partial charge in [-0.1, -0.05) is 34.1 Å². The Morgan fingerprint density at radius 1 is 0.963 bits per heavy atom. The minimum absolute atomic E-state index is 0.107. The van der Waals surface area contributed by atoms with Crippen molar-refractivity contribution in [2.45, 2.75) is 65.3 Å². The number of nitrogens with two attached hydrogens (primary N) is 1. The Hall–Kier alpha value is -2.20. The summed E-state index contributed by atoms with van der Waals surface area (Å²) < 4.78 is 0. The number of rotatable bonds is 11. The van der Waals surface area contributed by atoms with Crippen LogP contribution in [0.3, 0.4) is 0 Å². The molecule has 0 bridgehead atoms. The average Bonchev–Trinajstić information content (AvgIpc) is 2.59. The first-order valence-corrected chi connectivity index (χ1v) is 8.96. The van der Waals surface area contributed by atoms with Gasteiger partial charge in [-0.2, -0.15) is 0 Å². The van der Waals surface area contributed by atoms with Crippen molar-refractivity contribution in [1.82, 2.24) is 16.0 Å². The summed E-state index contributed by atoms with van der Waals surface area (Å²) in [5, 5.41) is 25.4. The highest BCUT2D eigenvalue weighted by Gasteiger charge is 2.30. The number of aliphatic hydroxyl groups is 1. The van der Waals surface area contributed by atoms with Crippen molar-refractivity contribution in [3.05, 3.63) is 0 Å². The molecule has 0 aliphatic carbocycles. The fourth-order valence-electron chi connectivity index (χ4n) is 2.14. The van der Waals surface area contributed by atoms with Gasteiger partial charge >= 0.3 is 5.97 Å². The number of carboxylic acids is 1. The fourth-order valence-corrected chi connectivity index (χ4v) is 2.14. The molecular formula is C17H32N4O6. The molecule has 5 unspecified atom stereocenters. The van der Waals surface area contributed by atoms with Crippen molar-refractivity contribution in [3.63, 3.8) is 0 Å². The van der Waals surface area contributed by atoms with Crippen LogP contribution in [-0.4, -0.2) is 64.7 Å². The number of carbonyl (C=O) groups is 4. The molecule has 156 valence electrons. The van der Waals surface area contributed by atoms with Gasteiger partial charge in [0.2, 0.25) is 17.7 Å². The van der Waals surface area contributed by atoms with Crippen LogP contribution >= 0.6 is 0 Å². The number of aliphatic hydroxyl groups excluding tert-OH is 1. The average molecular weight is 388 g/mol. The van der Waals surface area contributed by atoms with Gasteiger partial charge in [0, 0.05) is 0 Å². The summed E-state index contributed by atoms with van der Waals surface area (Å²) >= 11 is 0. The predicted octanol–water partition coefficient (Wildman–Crippen LogP) is -1.43. The predicted molar refractivity (Wildman–Crippen MR) is 98.5 cm³/mol. The first-order chi connectivity index (χ1) is 12.4. The summed E-state index contributed by atoms with van der Waals surface area (Å²) in [4.78, 5) is 47.4. The molecule has 0 fully saturated rings. The monoisotopic (exact) mass is 388 g/mol. The van der Waals surface area contributed by atoms with Gasteiger partial charge in [-0.25, -0.2) is 4.79 Å². The lowest BCUT2D eigenvalue weighted by Gasteiger charge is -2.26. The summed E-state index contributed by atoms with van der Waals surface area (Å²) in [6.45, 7) is 7.94. The van der Waals surface area contributed by atoms with Gasteiger partial charge in [-0.3, -0.25) is 14.4 Å². The normalized spacial score (nSPS) is 16.6. The van der Waals surface area contributed by atoms with E-state index in [4.69, 9.17) is 10.8 Å². The van der Waals surface area contributed by atoms with Gasteiger partial charge in [-0.05, 0) is 18.8 Å². The molecule has 5 atom stereocenters. The van der Waals surface area contributed by atoms with Crippen molar-refractivity contribution in [2.75, 3.05) is 6.54 Å². The van der Waals surface area contributed by atoms with Gasteiger partial charge in [0.25, 0.3) is 0 Å². The summed E-state index contributed by atoms with van der Waals surface area (Å²) in [6.07, 6.45) is -0.697. The van der Waals surface area contributed by atoms with Crippen LogP contribution in [0.4, 0.5) is 0 Å². The van der Waals surface area contributed by atoms with E-state index >= 15 is 0 Å². The third-order valence-corrected chi connectivity index (χ3v) is 4.30. The number of aliphatic carboxylic acids is 1. The van der Waals surface area contributed by atoms with Crippen LogP contribution in [0.15, 0.2) is 0 Å². The van der Waals surface area contributed by atoms with Crippen LogP contribution in [-0.2, 0) is 19.2 Å². The lowest BCUT2D eigenvalue weighted by molar-refractivity contribution is -0.144. The van der Waals surface area contributed by atoms with Crippen molar-refractivity contribution >= 4 is 23.7 Å². The smallest absolute Gasteiger partial charge is 0.328 e. The summed E-state index contributed by atoms with van der Waals surface area (Å²) in [7, 11) is 0. The van der Waals surface area contributed by atoms with Crippen LogP contribution in [0, 0.1) is 11.8 Å². The summed E-state index contributed by atoms with van der Waals surface area (Å²) in [5.41, 5.74) is 5.80. The number of amides is 3. The molecule has 0 aliphatic heterocycles. The molecule has 0 saturated heterocycles. The number of hydrogen-bond donors (Lipinski definition) is 6. The van der Waals surface area contributed by atoms with Crippen LogP contribution < -0.4 is 21.7 Å². The van der Waals surface area contributed by atoms with Gasteiger partial charge in [0.05, 0.1) is 18.7 Å². The maximum atomic E-state index is 12.4. The Bertz CT molecular complexity index is 538. The number of hydrogen-bond acceptors (Lipinski definition) is 6. The van der Waals surface area contributed by atoms with E-state index in [0.717, 1.165) is 0 Å². The van der Waals surface area contributed by atoms with Crippen molar-refractivity contribution in [1.29, 1.82) is 0 Å². The molecule has 0 saturated carbocycles. The fraction of sp³-hybridized carbons (Fsp3) is 0.765. The van der Waals surface area contributed by atoms with E-state index in [2.05, 4.69) is 16.0 Å². The Morgan fingerprint density at radius 3 is 1.93 bits per heavy atom. The molecule has 0 heterocycles. The van der Waals surface area contributed by atoms with Crippen LogP contribution in [0.1, 0.15) is 41.0 Å². The number of nitrogens with one attached hydrogen (secondary N) is 3. The van der Waals surface area contributed by atoms with Crippen LogP contribution in [0.25, 0.3) is 0 Å². The molecule has 3 amide bonds. The van der Waals surface area contributed by atoms with Crippen molar-refractivity contribution in [3.8, 4) is 0 Å². The van der Waals surface area contributed by atoms with Gasteiger partial charge in [-0.15, -0.1) is 0 Å². The molecule has 0 aliphatic rings. The third-order valence-electron chi connectivity index (χ3n) is 4.30. The van der Waals surface area contributed by atoms with Crippen LogP contribution in [0.5, 0.6) is 0 Å². The number of carboxylic acid groups (broad SMARTS) is 1. The quantitative estimate of drug-likeness (QED) is 0.252. The zero-order valence-corrected chi connectivity index (χ0v) is 16.5. The highest BCUT2D eigenvalue weighted by atomic mass is 16.4. The van der Waals surface area contributed by atoms with E-state index in [1.807, 2.05) is 6.92 Å². The minimum atomic E-state index is -1.48. The van der Waals surface area contributed by atoms with E-state index in [1.54, 1.807) is 20.8 Å². The molecular weight excluding hydrogens is 356 g/mol. The first kappa shape index (κ1) is 24.8. The summed E-state index contributed by atoms with van der Waals surface area (Å²) in [5.74, 6) is -3.52. The molecule has 7 N–H and O–H groups in total. The molecule has 0 rings (SSSR count). The first-order valence-electron chi connectivity index (χ1n) is 8.96. The second-order valence-electron chi connectivity index (χ2n) is 6.98. The molecule has 0 aromatic rings. The van der Waals surface area contributed by atoms with Gasteiger partial charge in [0.1, 0.15) is 6.04 Å². The molecule has 0 aromatic heterocycles. The SMILES string of the molecule is CCC(C)C(NC(=O)C(N)C(C)C)C(=O)NCC(=O)NC(C(=O)O)C(C)O. The molecule has 10 heteroatoms. The minimum Gasteiger partial charge on any atom is -0.480 e. The van der Waals surface area contributed by atoms with Crippen molar-refractivity contribution < 1.29 is 29.4 Å². The lowest BCUT2D eigenvalue weighted by Crippen LogP contribution is -2.56. The number of carbonyl (C=O) groups excluding carboxylic acids is 3. The highest BCUT2D eigenvalue weighted by molar-refractivity contribution is 5.92. The van der Waals surface area contributed by atoms with Gasteiger partial charge < -0.3 is 31.9 Å². The second kappa shape index (κ2) is 11.5. The Labute approximate surface area is 159 Å². The Balaban J connectivity index is 4.89. The third kappa shape index (κ3) is 8.35. The maximum absolute atomic E-state index is 12.4. The molecule has 0 aromatic carbocycles. The standard InChI is InChI=1S/C17H32N4O6/c1-6-9(4)13(21-15(24)12(18)8(2)3)16(25)19-7-11(23)20-14(10(5)22)17(26)27/h8-10,12-14,22H,6-7,18H2,1-5H3,(H,19,25)(H,20,23)(H,21,24)(H,26,27). The zero-order valence-electron chi connectivity index (χ0n) is 16.5. The molecule has 0 spiro atoms. The van der Waals surface area contributed by atoms with E-state index < -0.39 is 54.5 Å². The van der Waals surface area contributed by atoms with Crippen molar-refractivity contribution in [2.24, 2.45) is 17.6 Å². The molecule has 27 heavy (non-hydrogen) atoms. The maximum Gasteiger partial charge on any atom is 0.328 e. The van der Waals surface area contributed by atoms with Gasteiger partial charge in [0.15, 0.2) is 6.04 Å². The Kier molecular flexibility index (Phi) is 10.6. The van der Waals surface area contributed by atoms with E-state index in [-0.39, 0.29) is 11.8 Å². The Morgan fingerprint density at radius 2 is 1.52 bits per heavy atom. The molecule has 0 radical (unpaired) electrons. The van der Waals surface area contributed by atoms with Crippen LogP contribution in [0.2, 0.25) is 0 Å². The molecule has 10 nitrogen and oxygen atoms in total. The van der Waals surface area contributed by atoms with E-state index in [9.17, 15) is 24.3 Å². The zero-order chi connectivity index (χ0) is 21.3. The summed E-state index contributed by atoms with van der Waals surface area (Å²) in [6, 6.07) is -3.13. The second-order valence-corrected chi connectivity index (χ2v) is 6.98.